The van der Waals surface area contributed by atoms with E-state index in [9.17, 15) is 5.26 Å². The summed E-state index contributed by atoms with van der Waals surface area (Å²) < 4.78 is 2.26. The molecule has 2 aromatic heterocycles. The van der Waals surface area contributed by atoms with Crippen LogP contribution < -0.4 is 4.90 Å². The molecule has 0 radical (unpaired) electrons. The lowest BCUT2D eigenvalue weighted by molar-refractivity contribution is 0.354. The van der Waals surface area contributed by atoms with Crippen LogP contribution >= 0.6 is 0 Å². The molecule has 4 heteroatoms. The van der Waals surface area contributed by atoms with Crippen LogP contribution in [-0.2, 0) is 6.42 Å². The molecule has 1 fully saturated rings. The fourth-order valence-electron chi connectivity index (χ4n) is 5.45. The molecule has 3 heterocycles. The maximum absolute atomic E-state index is 10.1. The van der Waals surface area contributed by atoms with Gasteiger partial charge >= 0.3 is 0 Å². The van der Waals surface area contributed by atoms with Crippen molar-refractivity contribution in [3.63, 3.8) is 0 Å². The number of nitriles is 1. The molecule has 5 rings (SSSR count). The van der Waals surface area contributed by atoms with Crippen LogP contribution in [0.3, 0.4) is 0 Å². The van der Waals surface area contributed by atoms with Crippen LogP contribution in [-0.4, -0.2) is 22.5 Å². The zero-order valence-electron chi connectivity index (χ0n) is 19.4. The van der Waals surface area contributed by atoms with Crippen molar-refractivity contribution in [2.45, 2.75) is 40.5 Å². The predicted molar refractivity (Wildman–Crippen MR) is 131 cm³/mol. The topological polar surface area (TPSA) is 44.3 Å². The minimum atomic E-state index is 0.631. The molecule has 1 aliphatic heterocycles. The molecule has 1 saturated heterocycles. The van der Waals surface area contributed by atoms with Crippen LogP contribution in [0, 0.1) is 37.0 Å². The Morgan fingerprint density at radius 2 is 1.69 bits per heavy atom. The number of pyridine rings is 1. The summed E-state index contributed by atoms with van der Waals surface area (Å²) in [5, 5.41) is 10.1. The number of anilines is 1. The van der Waals surface area contributed by atoms with Crippen molar-refractivity contribution in [2.75, 3.05) is 18.0 Å². The zero-order valence-corrected chi connectivity index (χ0v) is 19.4. The number of nitrogens with zero attached hydrogens (tertiary/aromatic N) is 4. The molecule has 4 aromatic rings. The second kappa shape index (κ2) is 7.98. The number of hydrogen-bond acceptors (Lipinski definition) is 3. The highest BCUT2D eigenvalue weighted by atomic mass is 15.2. The summed E-state index contributed by atoms with van der Waals surface area (Å²) in [6.45, 7) is 11.0. The first-order valence-corrected chi connectivity index (χ1v) is 11.6. The predicted octanol–water partition coefficient (Wildman–Crippen LogP) is 6.05. The van der Waals surface area contributed by atoms with Crippen molar-refractivity contribution in [2.24, 2.45) is 11.8 Å². The standard InChI is InChI=1S/C28H30N4/c1-18-9-11-22(12-10-18)14-23-21(4)24(15-29)27-30-25-7-5-6-8-26(25)32(27)28(23)31-16-19(2)13-20(3)17-31/h5-12,19-20H,13-14,16-17H2,1-4H3/t19-,20-/m0/s1. The first kappa shape index (κ1) is 20.6. The summed E-state index contributed by atoms with van der Waals surface area (Å²) in [5.41, 5.74) is 8.30. The van der Waals surface area contributed by atoms with Crippen molar-refractivity contribution < 1.29 is 0 Å². The monoisotopic (exact) mass is 422 g/mol. The minimum absolute atomic E-state index is 0.631. The number of para-hydroxylation sites is 2. The fraction of sp³-hybridized carbons (Fsp3) is 0.357. The van der Waals surface area contributed by atoms with Gasteiger partial charge in [-0.2, -0.15) is 5.26 Å². The van der Waals surface area contributed by atoms with Crippen LogP contribution in [0.1, 0.15) is 48.1 Å². The van der Waals surface area contributed by atoms with Crippen LogP contribution in [0.4, 0.5) is 5.82 Å². The second-order valence-corrected chi connectivity index (χ2v) is 9.69. The van der Waals surface area contributed by atoms with Crippen LogP contribution in [0.15, 0.2) is 48.5 Å². The Labute approximate surface area is 190 Å². The Bertz CT molecular complexity index is 1330. The molecule has 32 heavy (non-hydrogen) atoms. The van der Waals surface area contributed by atoms with Crippen LogP contribution in [0.5, 0.6) is 0 Å². The van der Waals surface area contributed by atoms with E-state index in [-0.39, 0.29) is 0 Å². The van der Waals surface area contributed by atoms with Gasteiger partial charge in [-0.3, -0.25) is 4.40 Å². The molecule has 0 bridgehead atoms. The van der Waals surface area contributed by atoms with Crippen molar-refractivity contribution in [1.82, 2.24) is 9.38 Å². The number of benzene rings is 2. The summed E-state index contributed by atoms with van der Waals surface area (Å²) in [6, 6.07) is 19.5. The molecule has 0 saturated carbocycles. The summed E-state index contributed by atoms with van der Waals surface area (Å²) in [4.78, 5) is 7.47. The van der Waals surface area contributed by atoms with E-state index in [1.165, 1.54) is 28.9 Å². The lowest BCUT2D eigenvalue weighted by atomic mass is 9.90. The van der Waals surface area contributed by atoms with E-state index < -0.39 is 0 Å². The lowest BCUT2D eigenvalue weighted by Gasteiger charge is -2.38. The summed E-state index contributed by atoms with van der Waals surface area (Å²) >= 11 is 0. The van der Waals surface area contributed by atoms with Gasteiger partial charge in [0.15, 0.2) is 5.65 Å². The van der Waals surface area contributed by atoms with Gasteiger partial charge < -0.3 is 4.90 Å². The molecule has 0 unspecified atom stereocenters. The van der Waals surface area contributed by atoms with Gasteiger partial charge in [-0.1, -0.05) is 55.8 Å². The number of piperidine rings is 1. The number of hydrogen-bond donors (Lipinski definition) is 0. The Morgan fingerprint density at radius 3 is 2.38 bits per heavy atom. The van der Waals surface area contributed by atoms with E-state index >= 15 is 0 Å². The molecular formula is C28H30N4. The van der Waals surface area contributed by atoms with E-state index in [2.05, 4.69) is 79.5 Å². The summed E-state index contributed by atoms with van der Waals surface area (Å²) in [5.74, 6) is 2.47. The number of fused-ring (bicyclic) bond motifs is 3. The van der Waals surface area contributed by atoms with Gasteiger partial charge in [-0.25, -0.2) is 4.98 Å². The highest BCUT2D eigenvalue weighted by molar-refractivity contribution is 5.86. The summed E-state index contributed by atoms with van der Waals surface area (Å²) in [7, 11) is 0. The molecule has 0 amide bonds. The van der Waals surface area contributed by atoms with Crippen molar-refractivity contribution in [3.05, 3.63) is 76.3 Å². The van der Waals surface area contributed by atoms with E-state index in [4.69, 9.17) is 4.98 Å². The van der Waals surface area contributed by atoms with E-state index in [1.54, 1.807) is 0 Å². The zero-order chi connectivity index (χ0) is 22.4. The largest absolute Gasteiger partial charge is 0.357 e. The molecule has 1 aliphatic rings. The molecule has 2 aromatic carbocycles. The van der Waals surface area contributed by atoms with Crippen molar-refractivity contribution in [1.29, 1.82) is 5.26 Å². The molecule has 0 spiro atoms. The molecule has 162 valence electrons. The molecule has 2 atom stereocenters. The highest BCUT2D eigenvalue weighted by Crippen LogP contribution is 2.37. The Morgan fingerprint density at radius 1 is 1.00 bits per heavy atom. The maximum atomic E-state index is 10.1. The maximum Gasteiger partial charge on any atom is 0.157 e. The molecule has 4 nitrogen and oxygen atoms in total. The van der Waals surface area contributed by atoms with Crippen LogP contribution in [0.2, 0.25) is 0 Å². The van der Waals surface area contributed by atoms with Gasteiger partial charge in [0.1, 0.15) is 11.9 Å². The van der Waals surface area contributed by atoms with Crippen LogP contribution in [0.25, 0.3) is 16.7 Å². The highest BCUT2D eigenvalue weighted by Gasteiger charge is 2.29. The third-order valence-corrected chi connectivity index (χ3v) is 6.88. The molecule has 0 N–H and O–H groups in total. The number of aromatic nitrogens is 2. The molecule has 0 aliphatic carbocycles. The smallest absolute Gasteiger partial charge is 0.157 e. The Hall–Kier alpha value is -3.32. The first-order valence-electron chi connectivity index (χ1n) is 11.6. The second-order valence-electron chi connectivity index (χ2n) is 9.69. The quantitative estimate of drug-likeness (QED) is 0.404. The van der Waals surface area contributed by atoms with E-state index in [1.807, 2.05) is 12.1 Å². The third kappa shape index (κ3) is 3.42. The SMILES string of the molecule is Cc1ccc(Cc2c(C)c(C#N)c3nc4ccccc4n3c2N2C[C@@H](C)C[C@H](C)C2)cc1. The van der Waals surface area contributed by atoms with Gasteiger partial charge in [-0.05, 0) is 55.4 Å². The minimum Gasteiger partial charge on any atom is -0.357 e. The fourth-order valence-corrected chi connectivity index (χ4v) is 5.45. The van der Waals surface area contributed by atoms with E-state index in [0.717, 1.165) is 41.8 Å². The van der Waals surface area contributed by atoms with Gasteiger partial charge in [0, 0.05) is 25.1 Å². The number of aryl methyl sites for hydroxylation is 1. The third-order valence-electron chi connectivity index (χ3n) is 6.88. The van der Waals surface area contributed by atoms with Gasteiger partial charge in [0.05, 0.1) is 16.6 Å². The number of imidazole rings is 1. The Balaban J connectivity index is 1.83. The molecular weight excluding hydrogens is 392 g/mol. The van der Waals surface area contributed by atoms with E-state index in [0.29, 0.717) is 17.4 Å². The normalized spacial score (nSPS) is 18.9. The van der Waals surface area contributed by atoms with Crippen molar-refractivity contribution >= 4 is 22.5 Å². The Kier molecular flexibility index (Phi) is 5.13. The van der Waals surface area contributed by atoms with Crippen molar-refractivity contribution in [3.8, 4) is 6.07 Å². The average Bonchev–Trinajstić information content (AvgIpc) is 3.14. The number of rotatable bonds is 3. The van der Waals surface area contributed by atoms with Gasteiger partial charge in [-0.15, -0.1) is 0 Å². The van der Waals surface area contributed by atoms with Gasteiger partial charge in [0.2, 0.25) is 0 Å². The van der Waals surface area contributed by atoms with Gasteiger partial charge in [0.25, 0.3) is 0 Å². The average molecular weight is 423 g/mol. The summed E-state index contributed by atoms with van der Waals surface area (Å²) in [6.07, 6.45) is 2.06. The lowest BCUT2D eigenvalue weighted by Crippen LogP contribution is -2.40. The first-order chi connectivity index (χ1) is 15.5.